The lowest BCUT2D eigenvalue weighted by atomic mass is 10.3. The largest absolute Gasteiger partial charge is 0.378 e. The first-order chi connectivity index (χ1) is 7.72. The van der Waals surface area contributed by atoms with Gasteiger partial charge in [-0.15, -0.1) is 11.3 Å². The Hall–Kier alpha value is -0.490. The van der Waals surface area contributed by atoms with Crippen molar-refractivity contribution in [2.24, 2.45) is 0 Å². The Balaban J connectivity index is 2.82. The van der Waals surface area contributed by atoms with Gasteiger partial charge in [0.1, 0.15) is 11.1 Å². The lowest BCUT2D eigenvalue weighted by Crippen LogP contribution is -2.06. The maximum absolute atomic E-state index is 5.54. The van der Waals surface area contributed by atoms with E-state index < -0.39 is 0 Å². The number of hydrogen-bond donors (Lipinski definition) is 1. The van der Waals surface area contributed by atoms with Crippen molar-refractivity contribution in [3.63, 3.8) is 0 Å². The van der Waals surface area contributed by atoms with Gasteiger partial charge in [0.2, 0.25) is 0 Å². The van der Waals surface area contributed by atoms with E-state index in [1.807, 2.05) is 20.9 Å². The van der Waals surface area contributed by atoms with E-state index in [9.17, 15) is 0 Å². The van der Waals surface area contributed by atoms with Crippen LogP contribution in [0, 0.1) is 0 Å². The van der Waals surface area contributed by atoms with Crippen LogP contribution in [0.5, 0.6) is 0 Å². The van der Waals surface area contributed by atoms with Crippen molar-refractivity contribution in [3.05, 3.63) is 15.6 Å². The van der Waals surface area contributed by atoms with Gasteiger partial charge in [0.15, 0.2) is 0 Å². The van der Waals surface area contributed by atoms with Crippen LogP contribution in [0.1, 0.15) is 35.5 Å². The molecule has 0 aliphatic rings. The molecule has 0 fully saturated rings. The monoisotopic (exact) mass is 244 g/mol. The minimum absolute atomic E-state index is 0.0659. The fraction of sp³-hybridized carbons (Fsp3) is 0.727. The highest BCUT2D eigenvalue weighted by molar-refractivity contribution is 7.11. The number of thiazole rings is 1. The highest BCUT2D eigenvalue weighted by atomic mass is 32.1. The number of hydrogen-bond acceptors (Lipinski definition) is 5. The summed E-state index contributed by atoms with van der Waals surface area (Å²) in [5.74, 6) is 0. The zero-order valence-electron chi connectivity index (χ0n) is 10.4. The van der Waals surface area contributed by atoms with Crippen molar-refractivity contribution in [3.8, 4) is 0 Å². The zero-order valence-corrected chi connectivity index (χ0v) is 11.2. The number of aromatic nitrogens is 1. The minimum Gasteiger partial charge on any atom is -0.378 e. The first-order valence-electron chi connectivity index (χ1n) is 5.46. The number of methoxy groups -OCH3 is 1. The number of nitrogens with zero attached hydrogens (tertiary/aromatic N) is 1. The van der Waals surface area contributed by atoms with Gasteiger partial charge in [-0.3, -0.25) is 0 Å². The highest BCUT2D eigenvalue weighted by Crippen LogP contribution is 2.26. The van der Waals surface area contributed by atoms with Crippen molar-refractivity contribution < 1.29 is 9.47 Å². The van der Waals surface area contributed by atoms with Crippen molar-refractivity contribution in [2.75, 3.05) is 20.8 Å². The molecule has 92 valence electrons. The third kappa shape index (κ3) is 3.52. The fourth-order valence-corrected chi connectivity index (χ4v) is 2.53. The van der Waals surface area contributed by atoms with Crippen LogP contribution < -0.4 is 5.32 Å². The Bertz CT molecular complexity index is 291. The SMILES string of the molecule is CCOC(C)c1nc(COC)c(CNC)s1. The molecule has 0 amide bonds. The van der Waals surface area contributed by atoms with E-state index in [1.165, 1.54) is 4.88 Å². The normalized spacial score (nSPS) is 13.0. The van der Waals surface area contributed by atoms with Crippen LogP contribution in [0.3, 0.4) is 0 Å². The summed E-state index contributed by atoms with van der Waals surface area (Å²) in [5.41, 5.74) is 1.02. The third-order valence-corrected chi connectivity index (χ3v) is 3.44. The molecule has 1 aromatic heterocycles. The van der Waals surface area contributed by atoms with Gasteiger partial charge >= 0.3 is 0 Å². The average Bonchev–Trinajstić information content (AvgIpc) is 2.64. The summed E-state index contributed by atoms with van der Waals surface area (Å²) in [7, 11) is 3.62. The van der Waals surface area contributed by atoms with E-state index in [0.717, 1.165) is 17.2 Å². The quantitative estimate of drug-likeness (QED) is 0.797. The molecule has 0 saturated carbocycles. The Labute approximate surface area is 101 Å². The summed E-state index contributed by atoms with van der Waals surface area (Å²) in [6.45, 7) is 6.13. The summed E-state index contributed by atoms with van der Waals surface area (Å²) in [6.07, 6.45) is 0.0659. The maximum atomic E-state index is 5.54. The Kier molecular flexibility index (Phi) is 5.90. The summed E-state index contributed by atoms with van der Waals surface area (Å²) in [4.78, 5) is 5.79. The first-order valence-corrected chi connectivity index (χ1v) is 6.28. The lowest BCUT2D eigenvalue weighted by molar-refractivity contribution is 0.0758. The highest BCUT2D eigenvalue weighted by Gasteiger charge is 2.15. The lowest BCUT2D eigenvalue weighted by Gasteiger charge is -2.06. The van der Waals surface area contributed by atoms with Gasteiger partial charge in [-0.2, -0.15) is 0 Å². The van der Waals surface area contributed by atoms with E-state index in [-0.39, 0.29) is 6.10 Å². The molecule has 1 atom stereocenters. The maximum Gasteiger partial charge on any atom is 0.122 e. The molecule has 0 bridgehead atoms. The van der Waals surface area contributed by atoms with Gasteiger partial charge in [-0.1, -0.05) is 0 Å². The van der Waals surface area contributed by atoms with E-state index in [1.54, 1.807) is 18.4 Å². The summed E-state index contributed by atoms with van der Waals surface area (Å²) in [5, 5.41) is 4.17. The standard InChI is InChI=1S/C11H20N2O2S/c1-5-15-8(2)11-13-9(7-14-4)10(16-11)6-12-3/h8,12H,5-7H2,1-4H3. The van der Waals surface area contributed by atoms with Gasteiger partial charge in [0.25, 0.3) is 0 Å². The second kappa shape index (κ2) is 6.96. The van der Waals surface area contributed by atoms with Crippen molar-refractivity contribution in [1.82, 2.24) is 10.3 Å². The van der Waals surface area contributed by atoms with Crippen LogP contribution >= 0.6 is 11.3 Å². The van der Waals surface area contributed by atoms with Gasteiger partial charge in [0, 0.05) is 25.1 Å². The van der Waals surface area contributed by atoms with Crippen molar-refractivity contribution in [2.45, 2.75) is 33.1 Å². The molecule has 4 nitrogen and oxygen atoms in total. The van der Waals surface area contributed by atoms with Crippen molar-refractivity contribution in [1.29, 1.82) is 0 Å². The number of ether oxygens (including phenoxy) is 2. The molecule has 0 spiro atoms. The fourth-order valence-electron chi connectivity index (χ4n) is 1.45. The van der Waals surface area contributed by atoms with Crippen molar-refractivity contribution >= 4 is 11.3 Å². The average molecular weight is 244 g/mol. The molecule has 0 aromatic carbocycles. The van der Waals surface area contributed by atoms with Gasteiger partial charge in [-0.05, 0) is 20.9 Å². The van der Waals surface area contributed by atoms with E-state index in [4.69, 9.17) is 9.47 Å². The van der Waals surface area contributed by atoms with Gasteiger partial charge < -0.3 is 14.8 Å². The molecular formula is C11H20N2O2S. The second-order valence-corrected chi connectivity index (χ2v) is 4.60. The van der Waals surface area contributed by atoms with Gasteiger partial charge in [-0.25, -0.2) is 4.98 Å². The first kappa shape index (κ1) is 13.6. The molecule has 0 radical (unpaired) electrons. The molecule has 0 aliphatic heterocycles. The molecule has 1 aromatic rings. The van der Waals surface area contributed by atoms with Crippen LogP contribution in [-0.2, 0) is 22.6 Å². The van der Waals surface area contributed by atoms with Crippen LogP contribution in [0.15, 0.2) is 0 Å². The number of nitrogens with one attached hydrogen (secondary N) is 1. The van der Waals surface area contributed by atoms with Crippen LogP contribution in [0.25, 0.3) is 0 Å². The summed E-state index contributed by atoms with van der Waals surface area (Å²) >= 11 is 1.69. The Morgan fingerprint density at radius 3 is 2.81 bits per heavy atom. The summed E-state index contributed by atoms with van der Waals surface area (Å²) < 4.78 is 10.7. The predicted octanol–water partition coefficient (Wildman–Crippen LogP) is 2.11. The van der Waals surface area contributed by atoms with Crippen LogP contribution in [-0.4, -0.2) is 25.7 Å². The molecule has 0 saturated heterocycles. The smallest absolute Gasteiger partial charge is 0.122 e. The molecule has 1 rings (SSSR count). The Morgan fingerprint density at radius 2 is 2.25 bits per heavy atom. The zero-order chi connectivity index (χ0) is 12.0. The molecule has 1 unspecified atom stereocenters. The molecule has 1 heterocycles. The molecule has 0 aliphatic carbocycles. The Morgan fingerprint density at radius 1 is 1.50 bits per heavy atom. The molecule has 5 heteroatoms. The van der Waals surface area contributed by atoms with Gasteiger partial charge in [0.05, 0.1) is 12.3 Å². The topological polar surface area (TPSA) is 43.4 Å². The minimum atomic E-state index is 0.0659. The second-order valence-electron chi connectivity index (χ2n) is 3.48. The van der Waals surface area contributed by atoms with E-state index in [0.29, 0.717) is 13.2 Å². The molecular weight excluding hydrogens is 224 g/mol. The van der Waals surface area contributed by atoms with Crippen LogP contribution in [0.2, 0.25) is 0 Å². The van der Waals surface area contributed by atoms with Crippen LogP contribution in [0.4, 0.5) is 0 Å². The molecule has 16 heavy (non-hydrogen) atoms. The number of rotatable bonds is 7. The predicted molar refractivity (Wildman–Crippen MR) is 65.6 cm³/mol. The van der Waals surface area contributed by atoms with E-state index >= 15 is 0 Å². The molecule has 1 N–H and O–H groups in total. The third-order valence-electron chi connectivity index (χ3n) is 2.18. The summed E-state index contributed by atoms with van der Waals surface area (Å²) in [6, 6.07) is 0. The van der Waals surface area contributed by atoms with E-state index in [2.05, 4.69) is 10.3 Å².